The summed E-state index contributed by atoms with van der Waals surface area (Å²) < 4.78 is 19.0. The number of thiophene rings is 1. The van der Waals surface area contributed by atoms with E-state index in [0.29, 0.717) is 17.0 Å². The zero-order valence-corrected chi connectivity index (χ0v) is 15.9. The number of esters is 1. The molecule has 0 radical (unpaired) electrons. The monoisotopic (exact) mass is 402 g/mol. The van der Waals surface area contributed by atoms with E-state index in [4.69, 9.17) is 16.3 Å². The lowest BCUT2D eigenvalue weighted by Gasteiger charge is -2.02. The van der Waals surface area contributed by atoms with Crippen LogP contribution in [-0.4, -0.2) is 18.4 Å². The number of halogens is 2. The summed E-state index contributed by atoms with van der Waals surface area (Å²) in [6.07, 6.45) is 3.60. The minimum absolute atomic E-state index is 0.112. The first-order chi connectivity index (χ1) is 13.0. The first-order valence-electron chi connectivity index (χ1n) is 8.35. The lowest BCUT2D eigenvalue weighted by molar-refractivity contribution is -0.137. The third-order valence-electron chi connectivity index (χ3n) is 3.89. The molecule has 1 heterocycles. The van der Waals surface area contributed by atoms with Crippen LogP contribution in [-0.2, 0) is 9.53 Å². The highest BCUT2D eigenvalue weighted by Crippen LogP contribution is 2.35. The summed E-state index contributed by atoms with van der Waals surface area (Å²) in [5.41, 5.74) is 0.446. The standard InChI is InChI=1S/C21H16ClFO3S/c22-21-16-4-1-2-6-18(16)27-19(21)11-12-20(25)26-13-3-5-17(24)14-7-9-15(23)10-8-14/h1-2,4,6-12H,3,5,13H2/b12-11+. The number of benzene rings is 2. The number of carbonyl (C=O) groups is 2. The predicted octanol–water partition coefficient (Wildman–Crippen LogP) is 5.91. The van der Waals surface area contributed by atoms with E-state index < -0.39 is 5.97 Å². The molecule has 0 saturated heterocycles. The number of ether oxygens (including phenoxy) is 1. The van der Waals surface area contributed by atoms with Gasteiger partial charge in [-0.3, -0.25) is 4.79 Å². The molecule has 3 nitrogen and oxygen atoms in total. The van der Waals surface area contributed by atoms with E-state index in [1.807, 2.05) is 24.3 Å². The van der Waals surface area contributed by atoms with Crippen molar-refractivity contribution >= 4 is 50.9 Å². The maximum absolute atomic E-state index is 12.8. The molecule has 2 aromatic carbocycles. The van der Waals surface area contributed by atoms with E-state index in [1.54, 1.807) is 6.08 Å². The molecule has 0 unspecified atom stereocenters. The minimum atomic E-state index is -0.488. The van der Waals surface area contributed by atoms with Crippen molar-refractivity contribution in [3.8, 4) is 0 Å². The average molecular weight is 403 g/mol. The highest BCUT2D eigenvalue weighted by molar-refractivity contribution is 7.20. The summed E-state index contributed by atoms with van der Waals surface area (Å²) >= 11 is 7.82. The molecule has 0 fully saturated rings. The second kappa shape index (κ2) is 8.93. The molecule has 0 amide bonds. The lowest BCUT2D eigenvalue weighted by Crippen LogP contribution is -2.05. The molecular formula is C21H16ClFO3S. The van der Waals surface area contributed by atoms with Gasteiger partial charge in [0.15, 0.2) is 5.78 Å². The number of hydrogen-bond donors (Lipinski definition) is 0. The zero-order valence-electron chi connectivity index (χ0n) is 14.3. The number of ketones is 1. The Morgan fingerprint density at radius 3 is 2.59 bits per heavy atom. The van der Waals surface area contributed by atoms with Gasteiger partial charge in [0.2, 0.25) is 0 Å². The van der Waals surface area contributed by atoms with Crippen LogP contribution < -0.4 is 0 Å². The van der Waals surface area contributed by atoms with Gasteiger partial charge in [-0.2, -0.15) is 0 Å². The van der Waals surface area contributed by atoms with Crippen LogP contribution in [0.25, 0.3) is 16.2 Å². The quantitative estimate of drug-likeness (QED) is 0.213. The van der Waals surface area contributed by atoms with Crippen LogP contribution in [0.2, 0.25) is 5.02 Å². The van der Waals surface area contributed by atoms with Crippen LogP contribution >= 0.6 is 22.9 Å². The van der Waals surface area contributed by atoms with Crippen molar-refractivity contribution < 1.29 is 18.7 Å². The molecule has 3 rings (SSSR count). The van der Waals surface area contributed by atoms with Crippen molar-refractivity contribution in [3.63, 3.8) is 0 Å². The number of rotatable bonds is 7. The van der Waals surface area contributed by atoms with Crippen LogP contribution in [0.4, 0.5) is 4.39 Å². The Hall–Kier alpha value is -2.50. The van der Waals surface area contributed by atoms with Gasteiger partial charge in [0.05, 0.1) is 11.6 Å². The average Bonchev–Trinajstić information content (AvgIpc) is 3.00. The van der Waals surface area contributed by atoms with Crippen molar-refractivity contribution in [2.75, 3.05) is 6.61 Å². The van der Waals surface area contributed by atoms with Gasteiger partial charge in [-0.15, -0.1) is 11.3 Å². The lowest BCUT2D eigenvalue weighted by atomic mass is 10.1. The van der Waals surface area contributed by atoms with Crippen LogP contribution in [0.1, 0.15) is 28.1 Å². The largest absolute Gasteiger partial charge is 0.463 e. The summed E-state index contributed by atoms with van der Waals surface area (Å²) in [6, 6.07) is 13.1. The molecule has 0 N–H and O–H groups in total. The molecule has 6 heteroatoms. The molecule has 3 aromatic rings. The topological polar surface area (TPSA) is 43.4 Å². The highest BCUT2D eigenvalue weighted by atomic mass is 35.5. The maximum atomic E-state index is 12.8. The fourth-order valence-corrected chi connectivity index (χ4v) is 3.92. The zero-order chi connectivity index (χ0) is 19.2. The Morgan fingerprint density at radius 2 is 1.85 bits per heavy atom. The van der Waals surface area contributed by atoms with Gasteiger partial charge in [0.1, 0.15) is 5.82 Å². The predicted molar refractivity (Wildman–Crippen MR) is 107 cm³/mol. The molecule has 0 bridgehead atoms. The smallest absolute Gasteiger partial charge is 0.330 e. The van der Waals surface area contributed by atoms with E-state index >= 15 is 0 Å². The second-order valence-corrected chi connectivity index (χ2v) is 7.27. The Labute approximate surface area is 165 Å². The number of hydrogen-bond acceptors (Lipinski definition) is 4. The fourth-order valence-electron chi connectivity index (χ4n) is 2.52. The minimum Gasteiger partial charge on any atom is -0.463 e. The Kier molecular flexibility index (Phi) is 6.37. The van der Waals surface area contributed by atoms with Gasteiger partial charge in [0, 0.05) is 33.0 Å². The Balaban J connectivity index is 1.46. The number of carbonyl (C=O) groups excluding carboxylic acids is 2. The summed E-state index contributed by atoms with van der Waals surface area (Å²) in [5.74, 6) is -0.984. The van der Waals surface area contributed by atoms with E-state index in [-0.39, 0.29) is 24.6 Å². The van der Waals surface area contributed by atoms with E-state index in [9.17, 15) is 14.0 Å². The first kappa shape index (κ1) is 19.3. The number of Topliss-reactive ketones (excluding diaryl/α,β-unsaturated/α-hetero) is 1. The van der Waals surface area contributed by atoms with E-state index in [1.165, 1.54) is 41.7 Å². The first-order valence-corrected chi connectivity index (χ1v) is 9.54. The molecule has 0 atom stereocenters. The van der Waals surface area contributed by atoms with Gasteiger partial charge in [-0.25, -0.2) is 9.18 Å². The Morgan fingerprint density at radius 1 is 1.11 bits per heavy atom. The van der Waals surface area contributed by atoms with Gasteiger partial charge >= 0.3 is 5.97 Å². The third kappa shape index (κ3) is 5.02. The summed E-state index contributed by atoms with van der Waals surface area (Å²) in [5, 5.41) is 1.57. The molecule has 0 spiro atoms. The van der Waals surface area contributed by atoms with Crippen molar-refractivity contribution in [3.05, 3.63) is 75.9 Å². The van der Waals surface area contributed by atoms with Gasteiger partial charge in [-0.05, 0) is 42.8 Å². The third-order valence-corrected chi connectivity index (χ3v) is 5.54. The van der Waals surface area contributed by atoms with Gasteiger partial charge in [-0.1, -0.05) is 29.8 Å². The van der Waals surface area contributed by atoms with Crippen molar-refractivity contribution in [2.24, 2.45) is 0 Å². The molecule has 138 valence electrons. The summed E-state index contributed by atoms with van der Waals surface area (Å²) in [7, 11) is 0. The second-order valence-electron chi connectivity index (χ2n) is 5.81. The maximum Gasteiger partial charge on any atom is 0.330 e. The molecule has 0 aliphatic carbocycles. The normalized spacial score (nSPS) is 11.2. The highest BCUT2D eigenvalue weighted by Gasteiger charge is 2.09. The molecule has 1 aromatic heterocycles. The summed E-state index contributed by atoms with van der Waals surface area (Å²) in [6.45, 7) is 0.135. The van der Waals surface area contributed by atoms with Crippen LogP contribution in [0, 0.1) is 5.82 Å². The summed E-state index contributed by atoms with van der Waals surface area (Å²) in [4.78, 5) is 24.6. The molecule has 0 saturated carbocycles. The van der Waals surface area contributed by atoms with Crippen molar-refractivity contribution in [1.29, 1.82) is 0 Å². The van der Waals surface area contributed by atoms with Crippen LogP contribution in [0.15, 0.2) is 54.6 Å². The van der Waals surface area contributed by atoms with Crippen molar-refractivity contribution in [1.82, 2.24) is 0 Å². The molecule has 27 heavy (non-hydrogen) atoms. The molecule has 0 aliphatic rings. The SMILES string of the molecule is O=C(/C=C/c1sc2ccccc2c1Cl)OCCCC(=O)c1ccc(F)cc1. The fraction of sp³-hybridized carbons (Fsp3) is 0.143. The number of fused-ring (bicyclic) bond motifs is 1. The van der Waals surface area contributed by atoms with Crippen LogP contribution in [0.3, 0.4) is 0 Å². The van der Waals surface area contributed by atoms with E-state index in [0.717, 1.165) is 15.0 Å². The van der Waals surface area contributed by atoms with Crippen molar-refractivity contribution in [2.45, 2.75) is 12.8 Å². The van der Waals surface area contributed by atoms with E-state index in [2.05, 4.69) is 0 Å². The van der Waals surface area contributed by atoms with Crippen LogP contribution in [0.5, 0.6) is 0 Å². The molecular weight excluding hydrogens is 387 g/mol. The van der Waals surface area contributed by atoms with Gasteiger partial charge in [0.25, 0.3) is 0 Å². The Bertz CT molecular complexity index is 992. The molecule has 0 aliphatic heterocycles. The van der Waals surface area contributed by atoms with Gasteiger partial charge < -0.3 is 4.74 Å².